The molecule has 0 radical (unpaired) electrons. The van der Waals surface area contributed by atoms with Crippen molar-refractivity contribution in [3.8, 4) is 0 Å². The molecule has 4 aliphatic rings. The van der Waals surface area contributed by atoms with Crippen molar-refractivity contribution in [2.45, 2.75) is 62.6 Å². The average molecular weight is 582 g/mol. The second-order valence-corrected chi connectivity index (χ2v) is 11.5. The molecule has 3 amide bonds. The summed E-state index contributed by atoms with van der Waals surface area (Å²) in [5.74, 6) is -1.59. The lowest BCUT2D eigenvalue weighted by atomic mass is 9.91. The Bertz CT molecular complexity index is 1250. The molecule has 3 fully saturated rings. The maximum atomic E-state index is 13.5. The van der Waals surface area contributed by atoms with Crippen LogP contribution in [0.1, 0.15) is 54.4 Å². The average Bonchev–Trinajstić information content (AvgIpc) is 3.92. The minimum atomic E-state index is -0.777. The summed E-state index contributed by atoms with van der Waals surface area (Å²) in [6.07, 6.45) is 7.10. The van der Waals surface area contributed by atoms with E-state index < -0.39 is 30.1 Å². The first-order valence-electron chi connectivity index (χ1n) is 14.6. The Hall–Kier alpha value is -3.54. The number of aliphatic hydroxyl groups excluding tert-OH is 1. The van der Waals surface area contributed by atoms with E-state index in [1.54, 1.807) is 50.5 Å². The number of benzene rings is 1. The number of carbonyl (C=O) groups is 4. The lowest BCUT2D eigenvalue weighted by Crippen LogP contribution is -2.44. The van der Waals surface area contributed by atoms with Crippen molar-refractivity contribution in [3.63, 3.8) is 0 Å². The van der Waals surface area contributed by atoms with Crippen LogP contribution in [0, 0.1) is 11.8 Å². The smallest absolute Gasteiger partial charge is 0.339 e. The molecule has 1 aromatic rings. The number of hydrogen-bond donors (Lipinski definition) is 3. The fourth-order valence-corrected chi connectivity index (χ4v) is 5.60. The Kier molecular flexibility index (Phi) is 9.10. The van der Waals surface area contributed by atoms with Gasteiger partial charge in [0.1, 0.15) is 18.3 Å². The quantitative estimate of drug-likeness (QED) is 0.249. The zero-order valence-electron chi connectivity index (χ0n) is 24.0. The van der Waals surface area contributed by atoms with E-state index in [1.807, 2.05) is 0 Å². The van der Waals surface area contributed by atoms with Crippen LogP contribution in [0.5, 0.6) is 0 Å². The van der Waals surface area contributed by atoms with Crippen LogP contribution in [0.25, 0.3) is 6.08 Å². The van der Waals surface area contributed by atoms with Crippen LogP contribution < -0.4 is 10.6 Å². The van der Waals surface area contributed by atoms with E-state index >= 15 is 0 Å². The number of hydrogen-bond acceptors (Lipinski definition) is 8. The molecule has 1 saturated heterocycles. The van der Waals surface area contributed by atoms with Crippen molar-refractivity contribution >= 4 is 29.8 Å². The van der Waals surface area contributed by atoms with Crippen LogP contribution in [0.15, 0.2) is 42.0 Å². The summed E-state index contributed by atoms with van der Waals surface area (Å²) in [5.41, 5.74) is 1.23. The van der Waals surface area contributed by atoms with Crippen molar-refractivity contribution in [1.82, 2.24) is 15.5 Å². The van der Waals surface area contributed by atoms with Crippen LogP contribution >= 0.6 is 0 Å². The van der Waals surface area contributed by atoms with Gasteiger partial charge in [-0.1, -0.05) is 18.2 Å². The second kappa shape index (κ2) is 12.8. The Balaban J connectivity index is 1.33. The Morgan fingerprint density at radius 3 is 2.43 bits per heavy atom. The van der Waals surface area contributed by atoms with E-state index in [4.69, 9.17) is 19.3 Å². The molecule has 1 aliphatic heterocycles. The van der Waals surface area contributed by atoms with Crippen LogP contribution in [0.4, 0.5) is 0 Å². The van der Waals surface area contributed by atoms with Gasteiger partial charge in [-0.15, -0.1) is 0 Å². The summed E-state index contributed by atoms with van der Waals surface area (Å²) < 4.78 is 19.3. The predicted molar refractivity (Wildman–Crippen MR) is 152 cm³/mol. The molecule has 0 aromatic heterocycles. The molecule has 11 heteroatoms. The third kappa shape index (κ3) is 6.74. The van der Waals surface area contributed by atoms with Gasteiger partial charge in [-0.05, 0) is 49.5 Å². The van der Waals surface area contributed by atoms with Crippen molar-refractivity contribution in [1.29, 1.82) is 0 Å². The summed E-state index contributed by atoms with van der Waals surface area (Å²) >= 11 is 0. The number of amides is 3. The van der Waals surface area contributed by atoms with Crippen LogP contribution in [0.3, 0.4) is 0 Å². The first-order chi connectivity index (χ1) is 20.2. The Morgan fingerprint density at radius 2 is 1.76 bits per heavy atom. The second-order valence-electron chi connectivity index (χ2n) is 11.5. The third-order valence-corrected chi connectivity index (χ3v) is 8.06. The predicted octanol–water partition coefficient (Wildman–Crippen LogP) is 1.56. The monoisotopic (exact) mass is 581 g/mol. The van der Waals surface area contributed by atoms with Gasteiger partial charge in [-0.3, -0.25) is 14.4 Å². The van der Waals surface area contributed by atoms with E-state index in [9.17, 15) is 19.2 Å². The molecule has 2 saturated carbocycles. The van der Waals surface area contributed by atoms with E-state index in [0.29, 0.717) is 16.7 Å². The van der Waals surface area contributed by atoms with Gasteiger partial charge >= 0.3 is 5.97 Å². The molecule has 42 heavy (non-hydrogen) atoms. The van der Waals surface area contributed by atoms with E-state index in [2.05, 4.69) is 10.6 Å². The van der Waals surface area contributed by atoms with Crippen LogP contribution in [0.2, 0.25) is 0 Å². The molecule has 3 aliphatic carbocycles. The summed E-state index contributed by atoms with van der Waals surface area (Å²) in [6.45, 7) is 0.108. The van der Waals surface area contributed by atoms with Crippen molar-refractivity contribution in [3.05, 3.63) is 53.1 Å². The van der Waals surface area contributed by atoms with Gasteiger partial charge in [-0.2, -0.15) is 0 Å². The molecule has 3 unspecified atom stereocenters. The lowest BCUT2D eigenvalue weighted by Gasteiger charge is -2.31. The van der Waals surface area contributed by atoms with Gasteiger partial charge in [0, 0.05) is 63.5 Å². The minimum absolute atomic E-state index is 0.0657. The van der Waals surface area contributed by atoms with Crippen molar-refractivity contribution in [2.75, 3.05) is 33.8 Å². The first-order valence-corrected chi connectivity index (χ1v) is 14.6. The summed E-state index contributed by atoms with van der Waals surface area (Å²) in [7, 11) is 3.29. The maximum absolute atomic E-state index is 13.5. The highest BCUT2D eigenvalue weighted by Crippen LogP contribution is 2.59. The number of ether oxygens (including phenoxy) is 3. The van der Waals surface area contributed by atoms with Gasteiger partial charge in [0.15, 0.2) is 5.79 Å². The topological polar surface area (TPSA) is 144 Å². The van der Waals surface area contributed by atoms with E-state index in [-0.39, 0.29) is 62.1 Å². The van der Waals surface area contributed by atoms with E-state index in [0.717, 1.165) is 25.7 Å². The number of rotatable bonds is 12. The highest BCUT2D eigenvalue weighted by molar-refractivity contribution is 5.97. The molecule has 1 aromatic carbocycles. The highest BCUT2D eigenvalue weighted by atomic mass is 16.8. The van der Waals surface area contributed by atoms with Gasteiger partial charge in [0.05, 0.1) is 12.2 Å². The van der Waals surface area contributed by atoms with E-state index in [1.165, 1.54) is 11.0 Å². The van der Waals surface area contributed by atoms with Gasteiger partial charge in [0.2, 0.25) is 17.7 Å². The zero-order valence-corrected chi connectivity index (χ0v) is 24.0. The number of likely N-dealkylation sites (N-methyl/N-ethyl adjacent to an activating group) is 1. The van der Waals surface area contributed by atoms with Gasteiger partial charge in [-0.25, -0.2) is 4.79 Å². The van der Waals surface area contributed by atoms with Gasteiger partial charge < -0.3 is 34.9 Å². The number of aliphatic hydroxyl groups is 1. The maximum Gasteiger partial charge on any atom is 0.339 e. The fraction of sp³-hybridized carbons (Fsp3) is 0.548. The highest BCUT2D eigenvalue weighted by Gasteiger charge is 2.64. The van der Waals surface area contributed by atoms with Crippen molar-refractivity contribution in [2.24, 2.45) is 11.8 Å². The first kappa shape index (κ1) is 29.9. The number of nitrogens with zero attached hydrogens (tertiary/aromatic N) is 1. The van der Waals surface area contributed by atoms with Crippen LogP contribution in [-0.2, 0) is 28.6 Å². The SMILES string of the molecule is CN(C)C(=O)C=Cc1ccccc1C(=O)OC1CC(C(=O)NCCC(=O)NCCO)=CC2OC(C3CC3)(C3CC3)OC21. The Labute approximate surface area is 245 Å². The number of carbonyl (C=O) groups excluding carboxylic acids is 4. The molecule has 0 spiro atoms. The summed E-state index contributed by atoms with van der Waals surface area (Å²) in [4.78, 5) is 52.1. The zero-order chi connectivity index (χ0) is 29.9. The minimum Gasteiger partial charge on any atom is -0.456 e. The normalized spacial score (nSPS) is 24.5. The summed E-state index contributed by atoms with van der Waals surface area (Å²) in [6, 6.07) is 6.87. The molecule has 5 rings (SSSR count). The third-order valence-electron chi connectivity index (χ3n) is 8.06. The molecule has 11 nitrogen and oxygen atoms in total. The standard InChI is InChI=1S/C31H39N3O8/c1-34(2)27(37)12-7-19-5-3-4-6-23(19)30(39)40-24-17-20(29(38)33-14-13-26(36)32-15-16-35)18-25-28(24)42-31(41-25,21-8-9-21)22-10-11-22/h3-7,12,18,21-22,24-25,28,35H,8-11,13-17H2,1-2H3,(H,32,36)(H,33,38). The largest absolute Gasteiger partial charge is 0.456 e. The molecule has 3 N–H and O–H groups in total. The summed E-state index contributed by atoms with van der Waals surface area (Å²) in [5, 5.41) is 14.2. The molecular weight excluding hydrogens is 542 g/mol. The van der Waals surface area contributed by atoms with Gasteiger partial charge in [0.25, 0.3) is 0 Å². The lowest BCUT2D eigenvalue weighted by molar-refractivity contribution is -0.209. The Morgan fingerprint density at radius 1 is 1.05 bits per heavy atom. The number of esters is 1. The molecule has 3 atom stereocenters. The molecular formula is C31H39N3O8. The van der Waals surface area contributed by atoms with Crippen molar-refractivity contribution < 1.29 is 38.5 Å². The number of fused-ring (bicyclic) bond motifs is 1. The molecule has 1 heterocycles. The van der Waals surface area contributed by atoms with Crippen LogP contribution in [-0.4, -0.2) is 91.6 Å². The molecule has 226 valence electrons. The molecule has 0 bridgehead atoms. The number of nitrogens with one attached hydrogen (secondary N) is 2. The fourth-order valence-electron chi connectivity index (χ4n) is 5.60.